The van der Waals surface area contributed by atoms with Crippen LogP contribution in [0.1, 0.15) is 25.3 Å². The molecule has 0 aliphatic carbocycles. The van der Waals surface area contributed by atoms with E-state index in [0.717, 1.165) is 6.42 Å². The number of aromatic nitrogens is 1. The molecule has 0 atom stereocenters. The first-order valence-corrected chi connectivity index (χ1v) is 7.32. The molecule has 1 aromatic heterocycles. The van der Waals surface area contributed by atoms with Gasteiger partial charge in [-0.2, -0.15) is 0 Å². The molecule has 0 saturated heterocycles. The van der Waals surface area contributed by atoms with Crippen LogP contribution in [0.15, 0.2) is 42.1 Å². The van der Waals surface area contributed by atoms with Gasteiger partial charge in [0.15, 0.2) is 0 Å². The summed E-state index contributed by atoms with van der Waals surface area (Å²) in [6.45, 7) is 5.80. The molecule has 0 amide bonds. The fraction of sp³-hybridized carbons (Fsp3) is 0.412. The average molecular weight is 254 g/mol. The zero-order valence-electron chi connectivity index (χ0n) is 11.7. The summed E-state index contributed by atoms with van der Waals surface area (Å²) in [6.07, 6.45) is 8.15. The van der Waals surface area contributed by atoms with Crippen molar-refractivity contribution in [3.8, 4) is 0 Å². The number of hydrogen-bond acceptors (Lipinski definition) is 1. The van der Waals surface area contributed by atoms with Gasteiger partial charge in [-0.3, -0.25) is 4.90 Å². The van der Waals surface area contributed by atoms with E-state index in [4.69, 9.17) is 0 Å². The van der Waals surface area contributed by atoms with Gasteiger partial charge in [-0.15, -0.1) is 0 Å². The summed E-state index contributed by atoms with van der Waals surface area (Å²) >= 11 is 0. The summed E-state index contributed by atoms with van der Waals surface area (Å²) < 4.78 is 0. The predicted octanol–water partition coefficient (Wildman–Crippen LogP) is 3.75. The van der Waals surface area contributed by atoms with Crippen LogP contribution in [0.5, 0.6) is 0 Å². The lowest BCUT2D eigenvalue weighted by Crippen LogP contribution is -2.31. The number of benzene rings is 1. The van der Waals surface area contributed by atoms with Gasteiger partial charge < -0.3 is 4.98 Å². The first-order valence-electron chi connectivity index (χ1n) is 7.32. The second-order valence-electron chi connectivity index (χ2n) is 5.39. The van der Waals surface area contributed by atoms with Gasteiger partial charge in [0.25, 0.3) is 0 Å². The Balaban J connectivity index is 1.65. The van der Waals surface area contributed by atoms with E-state index >= 15 is 0 Å². The highest BCUT2D eigenvalue weighted by molar-refractivity contribution is 5.83. The Morgan fingerprint density at radius 2 is 2.16 bits per heavy atom. The van der Waals surface area contributed by atoms with E-state index < -0.39 is 0 Å². The molecular weight excluding hydrogens is 232 g/mol. The normalized spacial score (nSPS) is 16.8. The minimum atomic E-state index is 1.14. The second-order valence-corrected chi connectivity index (χ2v) is 5.39. The minimum Gasteiger partial charge on any atom is -0.361 e. The van der Waals surface area contributed by atoms with Crippen LogP contribution in [-0.4, -0.2) is 29.5 Å². The van der Waals surface area contributed by atoms with E-state index in [1.165, 1.54) is 48.9 Å². The van der Waals surface area contributed by atoms with Crippen LogP contribution in [0.3, 0.4) is 0 Å². The van der Waals surface area contributed by atoms with E-state index in [2.05, 4.69) is 53.3 Å². The van der Waals surface area contributed by atoms with Gasteiger partial charge >= 0.3 is 0 Å². The fourth-order valence-corrected chi connectivity index (χ4v) is 2.95. The fourth-order valence-electron chi connectivity index (χ4n) is 2.95. The predicted molar refractivity (Wildman–Crippen MR) is 81.4 cm³/mol. The van der Waals surface area contributed by atoms with Gasteiger partial charge in [0.2, 0.25) is 0 Å². The molecule has 0 bridgehead atoms. The van der Waals surface area contributed by atoms with Gasteiger partial charge in [0.05, 0.1) is 0 Å². The molecule has 0 unspecified atom stereocenters. The van der Waals surface area contributed by atoms with Crippen molar-refractivity contribution in [1.29, 1.82) is 0 Å². The largest absolute Gasteiger partial charge is 0.361 e. The van der Waals surface area contributed by atoms with Gasteiger partial charge in [-0.25, -0.2) is 0 Å². The Bertz CT molecular complexity index is 580. The lowest BCUT2D eigenvalue weighted by molar-refractivity contribution is 0.291. The zero-order valence-corrected chi connectivity index (χ0v) is 11.7. The Labute approximate surface area is 115 Å². The van der Waals surface area contributed by atoms with Crippen LogP contribution in [0.2, 0.25) is 0 Å². The summed E-state index contributed by atoms with van der Waals surface area (Å²) in [5.74, 6) is 0. The molecule has 19 heavy (non-hydrogen) atoms. The summed E-state index contributed by atoms with van der Waals surface area (Å²) in [6, 6.07) is 8.58. The Kier molecular flexibility index (Phi) is 3.69. The number of rotatable bonds is 4. The van der Waals surface area contributed by atoms with Gasteiger partial charge in [0, 0.05) is 36.7 Å². The first-order chi connectivity index (χ1) is 9.36. The highest BCUT2D eigenvalue weighted by Gasteiger charge is 2.12. The Morgan fingerprint density at radius 1 is 1.26 bits per heavy atom. The van der Waals surface area contributed by atoms with Crippen LogP contribution >= 0.6 is 0 Å². The summed E-state index contributed by atoms with van der Waals surface area (Å²) in [4.78, 5) is 5.95. The summed E-state index contributed by atoms with van der Waals surface area (Å²) in [7, 11) is 0. The summed E-state index contributed by atoms with van der Waals surface area (Å²) in [5, 5.41) is 1.38. The molecule has 2 nitrogen and oxygen atoms in total. The number of para-hydroxylation sites is 1. The second kappa shape index (κ2) is 5.62. The number of hydrogen-bond donors (Lipinski definition) is 1. The van der Waals surface area contributed by atoms with Gasteiger partial charge in [0.1, 0.15) is 0 Å². The highest BCUT2D eigenvalue weighted by atomic mass is 15.1. The minimum absolute atomic E-state index is 1.14. The number of aromatic amines is 1. The molecule has 1 aliphatic heterocycles. The van der Waals surface area contributed by atoms with Crippen LogP contribution in [0, 0.1) is 0 Å². The maximum Gasteiger partial charge on any atom is 0.0456 e. The molecule has 0 fully saturated rings. The third kappa shape index (κ3) is 2.74. The Morgan fingerprint density at radius 3 is 3.05 bits per heavy atom. The Hall–Kier alpha value is -1.54. The zero-order chi connectivity index (χ0) is 13.1. The molecule has 2 heteroatoms. The number of nitrogens with one attached hydrogen (secondary N) is 1. The molecule has 1 N–H and O–H groups in total. The molecule has 2 heterocycles. The monoisotopic (exact) mass is 254 g/mol. The van der Waals surface area contributed by atoms with Crippen molar-refractivity contribution in [2.24, 2.45) is 0 Å². The third-order valence-corrected chi connectivity index (χ3v) is 4.13. The lowest BCUT2D eigenvalue weighted by atomic mass is 10.1. The lowest BCUT2D eigenvalue weighted by Gasteiger charge is -2.26. The number of fused-ring (bicyclic) bond motifs is 1. The van der Waals surface area contributed by atoms with Crippen LogP contribution in [-0.2, 0) is 6.42 Å². The van der Waals surface area contributed by atoms with E-state index in [-0.39, 0.29) is 0 Å². The molecule has 0 radical (unpaired) electrons. The van der Waals surface area contributed by atoms with Crippen molar-refractivity contribution in [3.05, 3.63) is 47.7 Å². The maximum absolute atomic E-state index is 3.37. The van der Waals surface area contributed by atoms with Crippen molar-refractivity contribution in [1.82, 2.24) is 9.88 Å². The quantitative estimate of drug-likeness (QED) is 0.823. The first kappa shape index (κ1) is 12.5. The molecule has 1 aliphatic rings. The molecule has 0 spiro atoms. The van der Waals surface area contributed by atoms with Crippen LogP contribution < -0.4 is 0 Å². The summed E-state index contributed by atoms with van der Waals surface area (Å²) in [5.41, 5.74) is 4.30. The van der Waals surface area contributed by atoms with Crippen molar-refractivity contribution < 1.29 is 0 Å². The highest BCUT2D eigenvalue weighted by Crippen LogP contribution is 2.19. The molecule has 2 aromatic rings. The molecule has 3 rings (SSSR count). The number of H-pyrrole nitrogens is 1. The molecule has 1 aromatic carbocycles. The number of nitrogens with zero attached hydrogens (tertiary/aromatic N) is 1. The topological polar surface area (TPSA) is 19.0 Å². The van der Waals surface area contributed by atoms with E-state index in [9.17, 15) is 0 Å². The van der Waals surface area contributed by atoms with Crippen LogP contribution in [0.25, 0.3) is 10.9 Å². The van der Waals surface area contributed by atoms with Crippen molar-refractivity contribution in [2.45, 2.75) is 26.2 Å². The van der Waals surface area contributed by atoms with Crippen molar-refractivity contribution in [3.63, 3.8) is 0 Å². The standard InChI is InChI=1S/C17H22N2/c1-2-14-6-5-10-19(13-14)11-9-15-12-18-17-8-4-3-7-16(15)17/h3-4,6-8,12,18H,2,5,9-11,13H2,1H3. The van der Waals surface area contributed by atoms with Crippen LogP contribution in [0.4, 0.5) is 0 Å². The smallest absolute Gasteiger partial charge is 0.0456 e. The van der Waals surface area contributed by atoms with Gasteiger partial charge in [-0.05, 0) is 30.9 Å². The molecular formula is C17H22N2. The molecule has 100 valence electrons. The maximum atomic E-state index is 3.37. The van der Waals surface area contributed by atoms with Gasteiger partial charge in [-0.1, -0.05) is 36.8 Å². The van der Waals surface area contributed by atoms with E-state index in [0.29, 0.717) is 0 Å². The molecule has 0 saturated carbocycles. The SMILES string of the molecule is CCC1=CCCN(CCc2c[nH]c3ccccc23)C1. The van der Waals surface area contributed by atoms with Crippen molar-refractivity contribution in [2.75, 3.05) is 19.6 Å². The average Bonchev–Trinajstić information content (AvgIpc) is 2.89. The third-order valence-electron chi connectivity index (χ3n) is 4.13. The van der Waals surface area contributed by atoms with E-state index in [1.54, 1.807) is 5.57 Å². The van der Waals surface area contributed by atoms with E-state index in [1.807, 2.05) is 0 Å². The van der Waals surface area contributed by atoms with Crippen molar-refractivity contribution >= 4 is 10.9 Å².